The van der Waals surface area contributed by atoms with Gasteiger partial charge in [0.15, 0.2) is 0 Å². The first kappa shape index (κ1) is 16.3. The van der Waals surface area contributed by atoms with Crippen molar-refractivity contribution in [3.8, 4) is 0 Å². The third-order valence-corrected chi connectivity index (χ3v) is 3.54. The van der Waals surface area contributed by atoms with Crippen molar-refractivity contribution in [1.82, 2.24) is 4.90 Å². The maximum Gasteiger partial charge on any atom is 0.0593 e. The number of rotatable bonds is 8. The molecule has 0 bridgehead atoms. The molecule has 1 rings (SSSR count). The SMILES string of the molecule is CCN(CCOCCBr)Cc1ccc(Cl)cc1Cl. The van der Waals surface area contributed by atoms with E-state index in [0.717, 1.165) is 48.8 Å². The van der Waals surface area contributed by atoms with Gasteiger partial charge in [0.25, 0.3) is 0 Å². The molecule has 0 unspecified atom stereocenters. The lowest BCUT2D eigenvalue weighted by molar-refractivity contribution is 0.115. The summed E-state index contributed by atoms with van der Waals surface area (Å²) in [5.74, 6) is 0. The first-order chi connectivity index (χ1) is 8.67. The van der Waals surface area contributed by atoms with Gasteiger partial charge in [-0.15, -0.1) is 0 Å². The second-order valence-electron chi connectivity index (χ2n) is 3.91. The van der Waals surface area contributed by atoms with Crippen molar-refractivity contribution in [3.05, 3.63) is 33.8 Å². The molecule has 0 heterocycles. The van der Waals surface area contributed by atoms with Gasteiger partial charge in [-0.05, 0) is 24.2 Å². The summed E-state index contributed by atoms with van der Waals surface area (Å²) in [6.45, 7) is 6.32. The number of likely N-dealkylation sites (N-methyl/N-ethyl adjacent to an activating group) is 1. The molecule has 1 aromatic carbocycles. The zero-order chi connectivity index (χ0) is 13.4. The molecule has 0 amide bonds. The highest BCUT2D eigenvalue weighted by molar-refractivity contribution is 9.09. The minimum absolute atomic E-state index is 0.674. The maximum absolute atomic E-state index is 6.17. The Morgan fingerprint density at radius 2 is 2.06 bits per heavy atom. The van der Waals surface area contributed by atoms with Gasteiger partial charge in [0.2, 0.25) is 0 Å². The summed E-state index contributed by atoms with van der Waals surface area (Å²) in [7, 11) is 0. The van der Waals surface area contributed by atoms with Gasteiger partial charge in [0, 0.05) is 28.5 Å². The van der Waals surface area contributed by atoms with E-state index in [9.17, 15) is 0 Å². The van der Waals surface area contributed by atoms with Crippen LogP contribution >= 0.6 is 39.1 Å². The van der Waals surface area contributed by atoms with E-state index in [4.69, 9.17) is 27.9 Å². The second kappa shape index (κ2) is 9.16. The van der Waals surface area contributed by atoms with Crippen LogP contribution in [0.2, 0.25) is 10.0 Å². The molecule has 18 heavy (non-hydrogen) atoms. The van der Waals surface area contributed by atoms with Crippen LogP contribution in [0.3, 0.4) is 0 Å². The summed E-state index contributed by atoms with van der Waals surface area (Å²) in [6.07, 6.45) is 0. The largest absolute Gasteiger partial charge is 0.379 e. The van der Waals surface area contributed by atoms with Crippen molar-refractivity contribution in [2.45, 2.75) is 13.5 Å². The number of hydrogen-bond acceptors (Lipinski definition) is 2. The Kier molecular flexibility index (Phi) is 8.27. The molecule has 0 aliphatic heterocycles. The molecule has 0 fully saturated rings. The minimum atomic E-state index is 0.674. The van der Waals surface area contributed by atoms with Gasteiger partial charge in [-0.25, -0.2) is 0 Å². The van der Waals surface area contributed by atoms with Crippen LogP contribution in [0.15, 0.2) is 18.2 Å². The molecule has 2 nitrogen and oxygen atoms in total. The van der Waals surface area contributed by atoms with Crippen LogP contribution in [0.5, 0.6) is 0 Å². The number of alkyl halides is 1. The smallest absolute Gasteiger partial charge is 0.0593 e. The van der Waals surface area contributed by atoms with Crippen molar-refractivity contribution in [2.24, 2.45) is 0 Å². The molecule has 0 saturated heterocycles. The number of nitrogens with zero attached hydrogens (tertiary/aromatic N) is 1. The van der Waals surface area contributed by atoms with E-state index >= 15 is 0 Å². The zero-order valence-corrected chi connectivity index (χ0v) is 13.6. The van der Waals surface area contributed by atoms with Crippen molar-refractivity contribution in [1.29, 1.82) is 0 Å². The molecule has 102 valence electrons. The molecule has 0 aliphatic rings. The Morgan fingerprint density at radius 1 is 1.28 bits per heavy atom. The van der Waals surface area contributed by atoms with Gasteiger partial charge in [-0.2, -0.15) is 0 Å². The molecule has 0 aliphatic carbocycles. The Labute approximate surface area is 127 Å². The Morgan fingerprint density at radius 3 is 2.67 bits per heavy atom. The molecule has 5 heteroatoms. The molecule has 0 saturated carbocycles. The second-order valence-corrected chi connectivity index (χ2v) is 5.54. The van der Waals surface area contributed by atoms with Gasteiger partial charge >= 0.3 is 0 Å². The van der Waals surface area contributed by atoms with E-state index in [-0.39, 0.29) is 0 Å². The fourth-order valence-corrected chi connectivity index (χ4v) is 2.29. The molecule has 0 N–H and O–H groups in total. The molecular weight excluding hydrogens is 337 g/mol. The van der Waals surface area contributed by atoms with E-state index in [1.807, 2.05) is 12.1 Å². The normalized spacial score (nSPS) is 11.2. The lowest BCUT2D eigenvalue weighted by Gasteiger charge is -2.21. The lowest BCUT2D eigenvalue weighted by Crippen LogP contribution is -2.27. The first-order valence-corrected chi connectivity index (χ1v) is 7.85. The van der Waals surface area contributed by atoms with E-state index in [0.29, 0.717) is 5.02 Å². The maximum atomic E-state index is 6.17. The van der Waals surface area contributed by atoms with Crippen LogP contribution in [0.25, 0.3) is 0 Å². The molecule has 0 aromatic heterocycles. The average molecular weight is 355 g/mol. The summed E-state index contributed by atoms with van der Waals surface area (Å²) >= 11 is 15.4. The van der Waals surface area contributed by atoms with Crippen LogP contribution < -0.4 is 0 Å². The lowest BCUT2D eigenvalue weighted by atomic mass is 10.2. The van der Waals surface area contributed by atoms with Gasteiger partial charge in [-0.3, -0.25) is 4.90 Å². The number of ether oxygens (including phenoxy) is 1. The molecule has 0 radical (unpaired) electrons. The van der Waals surface area contributed by atoms with Gasteiger partial charge in [-0.1, -0.05) is 52.1 Å². The summed E-state index contributed by atoms with van der Waals surface area (Å²) in [5, 5.41) is 2.28. The standard InChI is InChI=1S/C13H18BrCl2NO/c1-2-17(6-8-18-7-5-14)10-11-3-4-12(15)9-13(11)16/h3-4,9H,2,5-8,10H2,1H3. The number of hydrogen-bond donors (Lipinski definition) is 0. The summed E-state index contributed by atoms with van der Waals surface area (Å²) in [5.41, 5.74) is 1.10. The zero-order valence-electron chi connectivity index (χ0n) is 10.5. The molecule has 0 spiro atoms. The molecular formula is C13H18BrCl2NO. The summed E-state index contributed by atoms with van der Waals surface area (Å²) in [6, 6.07) is 5.64. The first-order valence-electron chi connectivity index (χ1n) is 5.97. The highest BCUT2D eigenvalue weighted by Crippen LogP contribution is 2.22. The van der Waals surface area contributed by atoms with Gasteiger partial charge in [0.1, 0.15) is 0 Å². The minimum Gasteiger partial charge on any atom is -0.379 e. The van der Waals surface area contributed by atoms with Crippen LogP contribution in [0.4, 0.5) is 0 Å². The topological polar surface area (TPSA) is 12.5 Å². The van der Waals surface area contributed by atoms with E-state index < -0.39 is 0 Å². The van der Waals surface area contributed by atoms with Crippen molar-refractivity contribution >= 4 is 39.1 Å². The van der Waals surface area contributed by atoms with Crippen molar-refractivity contribution < 1.29 is 4.74 Å². The quantitative estimate of drug-likeness (QED) is 0.511. The number of benzene rings is 1. The van der Waals surface area contributed by atoms with Gasteiger partial charge in [0.05, 0.1) is 13.2 Å². The Balaban J connectivity index is 2.46. The van der Waals surface area contributed by atoms with Crippen LogP contribution in [-0.2, 0) is 11.3 Å². The summed E-state index contributed by atoms with van der Waals surface area (Å²) < 4.78 is 5.46. The third kappa shape index (κ3) is 5.89. The van der Waals surface area contributed by atoms with E-state index in [1.54, 1.807) is 6.07 Å². The predicted molar refractivity (Wildman–Crippen MR) is 82.0 cm³/mol. The van der Waals surface area contributed by atoms with Crippen LogP contribution in [0, 0.1) is 0 Å². The van der Waals surface area contributed by atoms with Gasteiger partial charge < -0.3 is 4.74 Å². The third-order valence-electron chi connectivity index (χ3n) is 2.63. The Bertz CT molecular complexity index is 363. The molecule has 1 aromatic rings. The monoisotopic (exact) mass is 353 g/mol. The highest BCUT2D eigenvalue weighted by Gasteiger charge is 2.07. The van der Waals surface area contributed by atoms with Crippen molar-refractivity contribution in [2.75, 3.05) is 31.6 Å². The number of halogens is 3. The predicted octanol–water partition coefficient (Wildman–Crippen LogP) is 4.23. The van der Waals surface area contributed by atoms with Crippen molar-refractivity contribution in [3.63, 3.8) is 0 Å². The highest BCUT2D eigenvalue weighted by atomic mass is 79.9. The summed E-state index contributed by atoms with van der Waals surface area (Å²) in [4.78, 5) is 2.29. The van der Waals surface area contributed by atoms with Crippen LogP contribution in [-0.4, -0.2) is 36.5 Å². The fraction of sp³-hybridized carbons (Fsp3) is 0.538. The van der Waals surface area contributed by atoms with E-state index in [2.05, 4.69) is 27.8 Å². The van der Waals surface area contributed by atoms with Crippen LogP contribution in [0.1, 0.15) is 12.5 Å². The molecule has 0 atom stereocenters. The average Bonchev–Trinajstić information content (AvgIpc) is 2.35. The Hall–Kier alpha value is 0.200. The van der Waals surface area contributed by atoms with E-state index in [1.165, 1.54) is 0 Å². The fourth-order valence-electron chi connectivity index (χ4n) is 1.59.